The first-order valence-corrected chi connectivity index (χ1v) is 15.2. The number of piperidine rings is 1. The molecular weight excluding hydrogens is 537 g/mol. The molecule has 1 atom stereocenters. The van der Waals surface area contributed by atoms with E-state index in [4.69, 9.17) is 28.3 Å². The molecule has 9 nitrogen and oxygen atoms in total. The average Bonchev–Trinajstić information content (AvgIpc) is 3.64. The molecule has 3 saturated heterocycles. The Morgan fingerprint density at radius 3 is 2.22 bits per heavy atom. The average molecular weight is 573 g/mol. The third-order valence-electron chi connectivity index (χ3n) is 9.28. The summed E-state index contributed by atoms with van der Waals surface area (Å²) in [5.74, 6) is -0.0438. The summed E-state index contributed by atoms with van der Waals surface area (Å²) >= 11 is 12.6. The molecule has 0 spiro atoms. The fraction of sp³-hybridized carbons (Fsp3) is 0.680. The zero-order valence-corrected chi connectivity index (χ0v) is 23.4. The number of piperazine rings is 1. The van der Waals surface area contributed by atoms with Crippen molar-refractivity contribution in [3.05, 3.63) is 33.8 Å². The van der Waals surface area contributed by atoms with Gasteiger partial charge in [-0.15, -0.1) is 0 Å². The Kier molecular flexibility index (Phi) is 7.41. The number of hydrogen-bond donors (Lipinski definition) is 2. The third kappa shape index (κ3) is 5.31. The number of rotatable bonds is 8. The van der Waals surface area contributed by atoms with E-state index in [-0.39, 0.29) is 30.1 Å². The van der Waals surface area contributed by atoms with Crippen LogP contribution < -0.4 is 10.5 Å². The molecule has 0 aromatic heterocycles. The number of nitrogens with two attached hydrogens (primary N) is 1. The quantitative estimate of drug-likeness (QED) is 0.461. The van der Waals surface area contributed by atoms with Crippen LogP contribution in [0.25, 0.3) is 0 Å². The Hall–Kier alpha value is -1.27. The smallest absolute Gasteiger partial charge is 0.276 e. The number of carbonyl (C=O) groups is 2. The van der Waals surface area contributed by atoms with Crippen molar-refractivity contribution >= 4 is 45.2 Å². The highest BCUT2D eigenvalue weighted by molar-refractivity contribution is 7.86. The monoisotopic (exact) mass is 571 g/mol. The summed E-state index contributed by atoms with van der Waals surface area (Å²) < 4.78 is 24.5. The molecule has 4 fully saturated rings. The second-order valence-electron chi connectivity index (χ2n) is 11.4. The second-order valence-corrected chi connectivity index (χ2v) is 13.7. The molecule has 3 aliphatic heterocycles. The molecule has 0 radical (unpaired) electrons. The highest BCUT2D eigenvalue weighted by Gasteiger charge is 2.59. The summed E-state index contributed by atoms with van der Waals surface area (Å²) in [5.41, 5.74) is 0.00797. The lowest BCUT2D eigenvalue weighted by atomic mass is 9.53. The predicted octanol–water partition coefficient (Wildman–Crippen LogP) is 1.98. The molecule has 3 heterocycles. The van der Waals surface area contributed by atoms with Crippen molar-refractivity contribution in [3.63, 3.8) is 0 Å². The summed E-state index contributed by atoms with van der Waals surface area (Å²) in [7, 11) is -3.63. The predicted molar refractivity (Wildman–Crippen MR) is 142 cm³/mol. The highest BCUT2D eigenvalue weighted by Crippen LogP contribution is 2.61. The number of nitrogens with one attached hydrogen (secondary N) is 1. The van der Waals surface area contributed by atoms with Crippen molar-refractivity contribution < 1.29 is 18.0 Å². The van der Waals surface area contributed by atoms with Gasteiger partial charge in [-0.1, -0.05) is 36.2 Å². The van der Waals surface area contributed by atoms with Crippen LogP contribution in [0.3, 0.4) is 0 Å². The maximum Gasteiger partial charge on any atom is 0.276 e. The van der Waals surface area contributed by atoms with Gasteiger partial charge in [0.1, 0.15) is 0 Å². The molecule has 3 N–H and O–H groups in total. The van der Waals surface area contributed by atoms with Crippen LogP contribution in [-0.2, 0) is 25.2 Å². The van der Waals surface area contributed by atoms with Gasteiger partial charge in [-0.3, -0.25) is 19.8 Å². The molecule has 0 unspecified atom stereocenters. The lowest BCUT2D eigenvalue weighted by Crippen LogP contribution is -2.64. The summed E-state index contributed by atoms with van der Waals surface area (Å²) in [4.78, 5) is 30.3. The molecule has 204 valence electrons. The van der Waals surface area contributed by atoms with Crippen LogP contribution in [0.2, 0.25) is 10.0 Å². The first kappa shape index (κ1) is 27.3. The van der Waals surface area contributed by atoms with Gasteiger partial charge in [-0.25, -0.2) is 5.14 Å². The van der Waals surface area contributed by atoms with Crippen LogP contribution in [0.4, 0.5) is 0 Å². The van der Waals surface area contributed by atoms with E-state index >= 15 is 0 Å². The fourth-order valence-corrected chi connectivity index (χ4v) is 7.78. The molecular formula is C25H35Cl2N5O4S. The van der Waals surface area contributed by atoms with Crippen molar-refractivity contribution in [2.24, 2.45) is 16.5 Å². The molecule has 5 rings (SSSR count). The lowest BCUT2D eigenvalue weighted by molar-refractivity contribution is -0.139. The number of likely N-dealkylation sites (tertiary alicyclic amines) is 1. The Morgan fingerprint density at radius 2 is 1.68 bits per heavy atom. The van der Waals surface area contributed by atoms with Crippen LogP contribution in [0.1, 0.15) is 44.6 Å². The first-order chi connectivity index (χ1) is 17.4. The summed E-state index contributed by atoms with van der Waals surface area (Å²) in [5, 5.41) is 8.66. The molecule has 12 heteroatoms. The Balaban J connectivity index is 1.29. The number of imide groups is 1. The van der Waals surface area contributed by atoms with E-state index in [2.05, 4.69) is 22.0 Å². The summed E-state index contributed by atoms with van der Waals surface area (Å²) in [6.07, 6.45) is 3.55. The second kappa shape index (κ2) is 10.0. The fourth-order valence-electron chi connectivity index (χ4n) is 6.81. The van der Waals surface area contributed by atoms with E-state index in [1.807, 2.05) is 12.1 Å². The van der Waals surface area contributed by atoms with Crippen LogP contribution in [0, 0.1) is 11.3 Å². The standard InChI is InChI=1S/C25H35Cl2N5O4S/c1-24(17-2-3-17,6-7-30-15-19(16-30)31-8-10-32(11-9-31)37(28,35)36)25(13-22(33)29-23(34)14-25)18-4-5-20(26)21(27)12-18/h4-5,12,17,19H,2-3,6-11,13-16H2,1H3,(H2,28,35,36)(H,29,33,34)/t24-/m0/s1. The molecule has 2 amide bonds. The van der Waals surface area contributed by atoms with Crippen LogP contribution >= 0.6 is 23.2 Å². The van der Waals surface area contributed by atoms with Crippen molar-refractivity contribution in [3.8, 4) is 0 Å². The number of carbonyl (C=O) groups excluding carboxylic acids is 2. The molecule has 0 bridgehead atoms. The van der Waals surface area contributed by atoms with Crippen molar-refractivity contribution in [2.45, 2.75) is 50.5 Å². The SMILES string of the molecule is C[C@](CCN1CC(N2CCN(S(N)(=O)=O)CC2)C1)(C1CC1)C1(c2ccc(Cl)c(Cl)c2)CC(=O)NC(=O)C1. The number of nitrogens with zero attached hydrogens (tertiary/aromatic N) is 3. The minimum atomic E-state index is -3.63. The van der Waals surface area contributed by atoms with E-state index in [0.717, 1.165) is 44.5 Å². The maximum absolute atomic E-state index is 12.8. The van der Waals surface area contributed by atoms with Gasteiger partial charge in [0.2, 0.25) is 11.8 Å². The van der Waals surface area contributed by atoms with Gasteiger partial charge >= 0.3 is 0 Å². The van der Waals surface area contributed by atoms with Crippen molar-refractivity contribution in [2.75, 3.05) is 45.8 Å². The minimum absolute atomic E-state index is 0.239. The van der Waals surface area contributed by atoms with E-state index in [9.17, 15) is 18.0 Å². The Morgan fingerprint density at radius 1 is 1.05 bits per heavy atom. The molecule has 37 heavy (non-hydrogen) atoms. The maximum atomic E-state index is 12.8. The number of hydrogen-bond acceptors (Lipinski definition) is 6. The van der Waals surface area contributed by atoms with Gasteiger partial charge in [0.05, 0.1) is 10.0 Å². The molecule has 4 aliphatic rings. The van der Waals surface area contributed by atoms with Crippen LogP contribution in [0.15, 0.2) is 18.2 Å². The largest absolute Gasteiger partial charge is 0.300 e. The Bertz CT molecular complexity index is 1160. The van der Waals surface area contributed by atoms with E-state index in [1.54, 1.807) is 6.07 Å². The van der Waals surface area contributed by atoms with E-state index in [0.29, 0.717) is 48.2 Å². The molecule has 1 aromatic rings. The van der Waals surface area contributed by atoms with Gasteiger partial charge in [-0.05, 0) is 54.8 Å². The van der Waals surface area contributed by atoms with Crippen molar-refractivity contribution in [1.29, 1.82) is 0 Å². The minimum Gasteiger partial charge on any atom is -0.300 e. The molecule has 1 saturated carbocycles. The molecule has 1 aromatic carbocycles. The van der Waals surface area contributed by atoms with Crippen LogP contribution in [-0.4, -0.2) is 86.2 Å². The van der Waals surface area contributed by atoms with Gasteiger partial charge in [0.25, 0.3) is 10.2 Å². The topological polar surface area (TPSA) is 116 Å². The van der Waals surface area contributed by atoms with Gasteiger partial charge in [0, 0.05) is 63.6 Å². The Labute approximate surface area is 228 Å². The zero-order chi connectivity index (χ0) is 26.6. The third-order valence-corrected chi connectivity index (χ3v) is 11.1. The van der Waals surface area contributed by atoms with Crippen LogP contribution in [0.5, 0.6) is 0 Å². The van der Waals surface area contributed by atoms with Gasteiger partial charge in [-0.2, -0.15) is 12.7 Å². The number of amides is 2. The zero-order valence-electron chi connectivity index (χ0n) is 21.1. The van der Waals surface area contributed by atoms with Gasteiger partial charge in [0.15, 0.2) is 0 Å². The highest BCUT2D eigenvalue weighted by atomic mass is 35.5. The normalized spacial score (nSPS) is 25.9. The first-order valence-electron chi connectivity index (χ1n) is 12.9. The molecule has 1 aliphatic carbocycles. The van der Waals surface area contributed by atoms with E-state index in [1.165, 1.54) is 4.31 Å². The number of halogens is 2. The summed E-state index contributed by atoms with van der Waals surface area (Å²) in [6.45, 7) is 7.21. The summed E-state index contributed by atoms with van der Waals surface area (Å²) in [6, 6.07) is 5.95. The van der Waals surface area contributed by atoms with E-state index < -0.39 is 15.6 Å². The number of benzene rings is 1. The van der Waals surface area contributed by atoms with Gasteiger partial charge < -0.3 is 4.90 Å². The lowest BCUT2D eigenvalue weighted by Gasteiger charge is -2.53. The van der Waals surface area contributed by atoms with Crippen molar-refractivity contribution in [1.82, 2.24) is 19.4 Å².